The fourth-order valence-corrected chi connectivity index (χ4v) is 4.32. The number of aryl methyl sites for hydroxylation is 2. The Morgan fingerprint density at radius 1 is 0.900 bits per heavy atom. The summed E-state index contributed by atoms with van der Waals surface area (Å²) in [6.45, 7) is 3.83. The van der Waals surface area contributed by atoms with E-state index >= 15 is 0 Å². The number of carbonyl (C=O) groups is 1. The number of rotatable bonds is 6. The van der Waals surface area contributed by atoms with Crippen LogP contribution in [-0.2, 0) is 10.0 Å². The molecule has 0 saturated carbocycles. The Kier molecular flexibility index (Phi) is 6.34. The molecule has 0 heterocycles. The lowest BCUT2D eigenvalue weighted by Crippen LogP contribution is -2.16. The van der Waals surface area contributed by atoms with Crippen molar-refractivity contribution in [2.24, 2.45) is 0 Å². The van der Waals surface area contributed by atoms with E-state index in [-0.39, 0.29) is 15.5 Å². The van der Waals surface area contributed by atoms with Gasteiger partial charge >= 0.3 is 0 Å². The van der Waals surface area contributed by atoms with Crippen molar-refractivity contribution >= 4 is 38.9 Å². The highest BCUT2D eigenvalue weighted by Gasteiger charge is 2.21. The third-order valence-electron chi connectivity index (χ3n) is 4.59. The van der Waals surface area contributed by atoms with E-state index in [9.17, 15) is 13.2 Å². The highest BCUT2D eigenvalue weighted by molar-refractivity contribution is 7.92. The van der Waals surface area contributed by atoms with Crippen LogP contribution in [0.5, 0.6) is 5.75 Å². The van der Waals surface area contributed by atoms with Crippen molar-refractivity contribution in [2.75, 3.05) is 17.1 Å². The largest absolute Gasteiger partial charge is 0.497 e. The molecule has 156 valence electrons. The van der Waals surface area contributed by atoms with E-state index < -0.39 is 15.9 Å². The number of sulfonamides is 1. The second-order valence-corrected chi connectivity index (χ2v) is 8.79. The normalized spacial score (nSPS) is 11.1. The molecular weight excluding hydrogens is 424 g/mol. The number of hydrogen-bond acceptors (Lipinski definition) is 4. The molecule has 3 aromatic rings. The number of halogens is 1. The number of methoxy groups -OCH3 is 1. The van der Waals surface area contributed by atoms with Gasteiger partial charge in [-0.1, -0.05) is 17.7 Å². The summed E-state index contributed by atoms with van der Waals surface area (Å²) >= 11 is 6.14. The summed E-state index contributed by atoms with van der Waals surface area (Å²) in [6, 6.07) is 16.1. The highest BCUT2D eigenvalue weighted by atomic mass is 35.5. The van der Waals surface area contributed by atoms with E-state index in [1.807, 2.05) is 19.9 Å². The second kappa shape index (κ2) is 8.77. The van der Waals surface area contributed by atoms with Crippen molar-refractivity contribution in [1.82, 2.24) is 0 Å². The zero-order valence-corrected chi connectivity index (χ0v) is 18.3. The van der Waals surface area contributed by atoms with Crippen molar-refractivity contribution < 1.29 is 17.9 Å². The monoisotopic (exact) mass is 444 g/mol. The summed E-state index contributed by atoms with van der Waals surface area (Å²) < 4.78 is 33.4. The van der Waals surface area contributed by atoms with E-state index in [1.54, 1.807) is 43.5 Å². The van der Waals surface area contributed by atoms with Gasteiger partial charge in [-0.15, -0.1) is 0 Å². The van der Waals surface area contributed by atoms with Gasteiger partial charge in [0.15, 0.2) is 0 Å². The van der Waals surface area contributed by atoms with E-state index in [0.29, 0.717) is 17.1 Å². The fraction of sp³-hybridized carbons (Fsp3) is 0.136. The molecule has 0 bridgehead atoms. The molecule has 30 heavy (non-hydrogen) atoms. The predicted molar refractivity (Wildman–Crippen MR) is 119 cm³/mol. The van der Waals surface area contributed by atoms with Crippen LogP contribution in [0, 0.1) is 13.8 Å². The Bertz CT molecular complexity index is 1190. The first-order chi connectivity index (χ1) is 14.2. The van der Waals surface area contributed by atoms with E-state index in [0.717, 1.165) is 11.1 Å². The third kappa shape index (κ3) is 4.93. The minimum atomic E-state index is -3.99. The molecule has 0 atom stereocenters. The first kappa shape index (κ1) is 21.7. The van der Waals surface area contributed by atoms with E-state index in [4.69, 9.17) is 16.3 Å². The van der Waals surface area contributed by atoms with Crippen LogP contribution in [0.4, 0.5) is 11.4 Å². The van der Waals surface area contributed by atoms with E-state index in [2.05, 4.69) is 10.0 Å². The SMILES string of the molecule is COc1ccc(NC(=O)c2ccc(Cl)c(S(=O)(=O)Nc3ccc(C)c(C)c3)c2)cc1. The molecule has 1 amide bonds. The van der Waals surface area contributed by atoms with Gasteiger partial charge in [0, 0.05) is 16.9 Å². The quantitative estimate of drug-likeness (QED) is 0.559. The number of carbonyl (C=O) groups excluding carboxylic acids is 1. The summed E-state index contributed by atoms with van der Waals surface area (Å²) in [6.07, 6.45) is 0. The molecule has 0 aliphatic carbocycles. The molecule has 0 spiro atoms. The molecule has 3 aromatic carbocycles. The van der Waals surface area contributed by atoms with Crippen LogP contribution in [-0.4, -0.2) is 21.4 Å². The van der Waals surface area contributed by atoms with Gasteiger partial charge in [0.05, 0.1) is 12.1 Å². The van der Waals surface area contributed by atoms with Crippen LogP contribution < -0.4 is 14.8 Å². The first-order valence-electron chi connectivity index (χ1n) is 9.04. The summed E-state index contributed by atoms with van der Waals surface area (Å²) in [5.41, 5.74) is 3.13. The van der Waals surface area contributed by atoms with Gasteiger partial charge in [-0.25, -0.2) is 8.42 Å². The Morgan fingerprint density at radius 2 is 1.57 bits per heavy atom. The van der Waals surface area contributed by atoms with Gasteiger partial charge in [-0.3, -0.25) is 9.52 Å². The third-order valence-corrected chi connectivity index (χ3v) is 6.45. The van der Waals surface area contributed by atoms with Gasteiger partial charge in [-0.2, -0.15) is 0 Å². The molecule has 0 radical (unpaired) electrons. The molecule has 0 aliphatic rings. The minimum Gasteiger partial charge on any atom is -0.497 e. The van der Waals surface area contributed by atoms with Crippen molar-refractivity contribution in [3.05, 3.63) is 82.4 Å². The van der Waals surface area contributed by atoms with Gasteiger partial charge in [-0.05, 0) is 79.6 Å². The maximum Gasteiger partial charge on any atom is 0.263 e. The molecule has 6 nitrogen and oxygen atoms in total. The molecular formula is C22H21ClN2O4S. The van der Waals surface area contributed by atoms with Crippen LogP contribution in [0.15, 0.2) is 65.6 Å². The molecule has 2 N–H and O–H groups in total. The molecule has 0 unspecified atom stereocenters. The summed E-state index contributed by atoms with van der Waals surface area (Å²) in [4.78, 5) is 12.4. The Morgan fingerprint density at radius 3 is 2.20 bits per heavy atom. The van der Waals surface area contributed by atoms with Crippen LogP contribution in [0.1, 0.15) is 21.5 Å². The molecule has 0 aromatic heterocycles. The summed E-state index contributed by atoms with van der Waals surface area (Å²) in [5.74, 6) is 0.199. The van der Waals surface area contributed by atoms with Crippen molar-refractivity contribution in [2.45, 2.75) is 18.7 Å². The average molecular weight is 445 g/mol. The number of ether oxygens (including phenoxy) is 1. The molecule has 3 rings (SSSR count). The van der Waals surface area contributed by atoms with Crippen LogP contribution in [0.2, 0.25) is 5.02 Å². The second-order valence-electron chi connectivity index (χ2n) is 6.73. The lowest BCUT2D eigenvalue weighted by Gasteiger charge is -2.12. The Hall–Kier alpha value is -3.03. The lowest BCUT2D eigenvalue weighted by atomic mass is 10.1. The lowest BCUT2D eigenvalue weighted by molar-refractivity contribution is 0.102. The smallest absolute Gasteiger partial charge is 0.263 e. The molecule has 0 fully saturated rings. The maximum absolute atomic E-state index is 12.9. The van der Waals surface area contributed by atoms with Gasteiger partial charge in [0.25, 0.3) is 15.9 Å². The predicted octanol–water partition coefficient (Wildman–Crippen LogP) is 5.02. The van der Waals surface area contributed by atoms with Crippen molar-refractivity contribution in [3.8, 4) is 5.75 Å². The number of nitrogens with one attached hydrogen (secondary N) is 2. The zero-order chi connectivity index (χ0) is 21.9. The molecule has 0 saturated heterocycles. The average Bonchev–Trinajstić information content (AvgIpc) is 2.71. The number of amides is 1. The standard InChI is InChI=1S/C22H21ClN2O4S/c1-14-4-6-18(12-15(14)2)25-30(27,28)21-13-16(5-11-20(21)23)22(26)24-17-7-9-19(29-3)10-8-17/h4-13,25H,1-3H3,(H,24,26). The Balaban J connectivity index is 1.85. The van der Waals surface area contributed by atoms with Gasteiger partial charge in [0.2, 0.25) is 0 Å². The Labute approximate surface area is 180 Å². The van der Waals surface area contributed by atoms with Gasteiger partial charge < -0.3 is 10.1 Å². The van der Waals surface area contributed by atoms with E-state index in [1.165, 1.54) is 18.2 Å². The number of benzene rings is 3. The van der Waals surface area contributed by atoms with Crippen molar-refractivity contribution in [1.29, 1.82) is 0 Å². The highest BCUT2D eigenvalue weighted by Crippen LogP contribution is 2.26. The van der Waals surface area contributed by atoms with Crippen molar-refractivity contribution in [3.63, 3.8) is 0 Å². The van der Waals surface area contributed by atoms with Crippen LogP contribution in [0.3, 0.4) is 0 Å². The summed E-state index contributed by atoms with van der Waals surface area (Å²) in [5, 5.41) is 2.74. The first-order valence-corrected chi connectivity index (χ1v) is 10.9. The topological polar surface area (TPSA) is 84.5 Å². The van der Waals surface area contributed by atoms with Crippen LogP contribution in [0.25, 0.3) is 0 Å². The fourth-order valence-electron chi connectivity index (χ4n) is 2.74. The summed E-state index contributed by atoms with van der Waals surface area (Å²) in [7, 11) is -2.44. The van der Waals surface area contributed by atoms with Gasteiger partial charge in [0.1, 0.15) is 10.6 Å². The zero-order valence-electron chi connectivity index (χ0n) is 16.7. The molecule has 8 heteroatoms. The van der Waals surface area contributed by atoms with Crippen LogP contribution >= 0.6 is 11.6 Å². The number of hydrogen-bond donors (Lipinski definition) is 2. The number of anilines is 2. The minimum absolute atomic E-state index is 0.0207. The molecule has 0 aliphatic heterocycles. The maximum atomic E-state index is 12.9.